The number of nitrogens with one attached hydrogen (secondary N) is 3. The molecule has 2 fully saturated rings. The van der Waals surface area contributed by atoms with Crippen molar-refractivity contribution in [1.82, 2.24) is 40.9 Å². The Labute approximate surface area is 341 Å². The molecule has 14 heteroatoms. The van der Waals surface area contributed by atoms with Crippen LogP contribution >= 0.6 is 0 Å². The monoisotopic (exact) mass is 797 g/mol. The summed E-state index contributed by atoms with van der Waals surface area (Å²) in [5.74, 6) is -1.72. The largest absolute Gasteiger partial charge is 0.369 e. The predicted octanol–water partition coefficient (Wildman–Crippen LogP) is 6.80. The van der Waals surface area contributed by atoms with E-state index in [1.165, 1.54) is 6.07 Å². The molecule has 3 aromatic carbocycles. The number of pyridine rings is 1. The van der Waals surface area contributed by atoms with Gasteiger partial charge in [-0.3, -0.25) is 29.7 Å². The molecule has 2 saturated heterocycles. The number of fused-ring (bicyclic) bond motifs is 1. The fourth-order valence-electron chi connectivity index (χ4n) is 7.93. The van der Waals surface area contributed by atoms with E-state index in [-0.39, 0.29) is 35.4 Å². The van der Waals surface area contributed by atoms with E-state index in [1.807, 2.05) is 59.0 Å². The number of nitrogens with zero attached hydrogens (tertiary/aromatic N) is 6. The summed E-state index contributed by atoms with van der Waals surface area (Å²) in [6.07, 6.45) is 3.13. The highest BCUT2D eigenvalue weighted by Crippen LogP contribution is 2.33. The van der Waals surface area contributed by atoms with Crippen molar-refractivity contribution in [2.45, 2.75) is 71.3 Å². The normalized spacial score (nSPS) is 17.0. The van der Waals surface area contributed by atoms with Gasteiger partial charge in [0, 0.05) is 78.5 Å². The van der Waals surface area contributed by atoms with Gasteiger partial charge in [-0.2, -0.15) is 10.1 Å². The van der Waals surface area contributed by atoms with Crippen molar-refractivity contribution < 1.29 is 23.3 Å². The molecule has 3 aromatic heterocycles. The van der Waals surface area contributed by atoms with Gasteiger partial charge in [0.2, 0.25) is 17.7 Å². The zero-order chi connectivity index (χ0) is 41.4. The Morgan fingerprint density at radius 1 is 0.983 bits per heavy atom. The average molecular weight is 798 g/mol. The van der Waals surface area contributed by atoms with Gasteiger partial charge in [0.1, 0.15) is 11.5 Å². The quantitative estimate of drug-likeness (QED) is 0.126. The number of hydrogen-bond acceptors (Lipinski definition) is 10. The van der Waals surface area contributed by atoms with Gasteiger partial charge in [-0.15, -0.1) is 0 Å². The maximum absolute atomic E-state index is 15.0. The molecule has 0 radical (unpaired) electrons. The zero-order valence-electron chi connectivity index (χ0n) is 33.9. The summed E-state index contributed by atoms with van der Waals surface area (Å²) in [6, 6.07) is 21.6. The molecule has 0 bridgehead atoms. The lowest BCUT2D eigenvalue weighted by atomic mass is 9.89. The number of halogens is 1. The molecular formula is C45H48FN9O4. The number of anilines is 1. The molecule has 0 spiro atoms. The number of aryl methyl sites for hydroxylation is 1. The van der Waals surface area contributed by atoms with Crippen molar-refractivity contribution in [3.8, 4) is 22.4 Å². The number of piperidine rings is 1. The van der Waals surface area contributed by atoms with E-state index in [2.05, 4.69) is 77.2 Å². The maximum Gasteiger partial charge on any atom is 0.293 e. The molecular weight excluding hydrogens is 750 g/mol. The Kier molecular flexibility index (Phi) is 10.8. The van der Waals surface area contributed by atoms with Crippen LogP contribution in [-0.2, 0) is 21.4 Å². The number of benzene rings is 3. The minimum atomic E-state index is -0.624. The number of hydrogen-bond donors (Lipinski definition) is 3. The molecule has 3 amide bonds. The van der Waals surface area contributed by atoms with Crippen LogP contribution < -0.4 is 15.5 Å². The molecule has 3 N–H and O–H groups in total. The highest BCUT2D eigenvalue weighted by molar-refractivity contribution is 6.01. The summed E-state index contributed by atoms with van der Waals surface area (Å²) in [7, 11) is 0. The third-order valence-corrected chi connectivity index (χ3v) is 11.4. The van der Waals surface area contributed by atoms with E-state index in [4.69, 9.17) is 9.51 Å². The average Bonchev–Trinajstić information content (AvgIpc) is 3.90. The minimum absolute atomic E-state index is 0.0120. The van der Waals surface area contributed by atoms with Gasteiger partial charge in [0.05, 0.1) is 12.0 Å². The van der Waals surface area contributed by atoms with E-state index >= 15 is 4.39 Å². The van der Waals surface area contributed by atoms with Crippen molar-refractivity contribution in [1.29, 1.82) is 0 Å². The van der Waals surface area contributed by atoms with Crippen LogP contribution in [0, 0.1) is 12.7 Å². The topological polar surface area (TPSA) is 162 Å². The molecule has 0 aliphatic carbocycles. The number of amides is 3. The highest BCUT2D eigenvalue weighted by Gasteiger charge is 2.30. The molecule has 8 rings (SSSR count). The van der Waals surface area contributed by atoms with E-state index in [9.17, 15) is 14.4 Å². The van der Waals surface area contributed by atoms with Gasteiger partial charge in [-0.25, -0.2) is 9.37 Å². The zero-order valence-corrected chi connectivity index (χ0v) is 33.9. The Morgan fingerprint density at radius 3 is 2.44 bits per heavy atom. The molecule has 2 aliphatic heterocycles. The van der Waals surface area contributed by atoms with Crippen molar-refractivity contribution in [2.24, 2.45) is 0 Å². The van der Waals surface area contributed by atoms with Gasteiger partial charge in [-0.1, -0.05) is 62.3 Å². The summed E-state index contributed by atoms with van der Waals surface area (Å²) in [4.78, 5) is 50.4. The number of H-pyrrole nitrogens is 1. The lowest BCUT2D eigenvalue weighted by molar-refractivity contribution is -0.134. The number of carbonyl (C=O) groups excluding carboxylic acids is 3. The molecule has 2 aliphatic rings. The van der Waals surface area contributed by atoms with Gasteiger partial charge < -0.3 is 14.7 Å². The van der Waals surface area contributed by atoms with Gasteiger partial charge >= 0.3 is 0 Å². The highest BCUT2D eigenvalue weighted by atomic mass is 19.1. The fourth-order valence-corrected chi connectivity index (χ4v) is 7.93. The Bertz CT molecular complexity index is 2530. The first-order valence-electron chi connectivity index (χ1n) is 20.1. The van der Waals surface area contributed by atoms with Gasteiger partial charge in [0.15, 0.2) is 5.65 Å². The second kappa shape index (κ2) is 16.2. The van der Waals surface area contributed by atoms with E-state index in [0.717, 1.165) is 82.9 Å². The lowest BCUT2D eigenvalue weighted by Gasteiger charge is -2.36. The number of piperazine rings is 1. The van der Waals surface area contributed by atoms with Crippen LogP contribution in [0.5, 0.6) is 0 Å². The molecule has 1 unspecified atom stereocenters. The number of aromatic amines is 1. The molecule has 6 aromatic rings. The van der Waals surface area contributed by atoms with Crippen LogP contribution in [0.25, 0.3) is 33.4 Å². The minimum Gasteiger partial charge on any atom is -0.369 e. The first-order chi connectivity index (χ1) is 28.3. The maximum atomic E-state index is 15.0. The third kappa shape index (κ3) is 8.49. The molecule has 13 nitrogen and oxygen atoms in total. The smallest absolute Gasteiger partial charge is 0.293 e. The van der Waals surface area contributed by atoms with Crippen molar-refractivity contribution in [3.05, 3.63) is 113 Å². The molecule has 5 heterocycles. The number of imide groups is 1. The summed E-state index contributed by atoms with van der Waals surface area (Å²) in [5, 5.41) is 17.8. The second-order valence-corrected chi connectivity index (χ2v) is 16.6. The van der Waals surface area contributed by atoms with Crippen molar-refractivity contribution in [3.63, 3.8) is 0 Å². The first kappa shape index (κ1) is 39.5. The fraction of sp³-hybridized carbons (Fsp3) is 0.356. The van der Waals surface area contributed by atoms with E-state index in [0.29, 0.717) is 29.9 Å². The Hall–Kier alpha value is -6.28. The molecule has 304 valence electrons. The lowest BCUT2D eigenvalue weighted by Crippen LogP contribution is -2.47. The SMILES string of the molecule is Cc1cc(-c2n[nH]c3ncc(-c4ccc(N5CCN(CCc6ccc(C7CCC(=O)NC7=O)c(F)c6)CC5)cc4)cc23)ccc1[C@@H](C)NC(=O)c1noc(C(C)(C)C)n1. The van der Waals surface area contributed by atoms with Crippen LogP contribution in [0.4, 0.5) is 10.1 Å². The Morgan fingerprint density at radius 2 is 1.75 bits per heavy atom. The third-order valence-electron chi connectivity index (χ3n) is 11.4. The number of rotatable bonds is 10. The van der Waals surface area contributed by atoms with Crippen LogP contribution in [0.15, 0.2) is 77.4 Å². The van der Waals surface area contributed by atoms with Gasteiger partial charge in [-0.05, 0) is 79.3 Å². The van der Waals surface area contributed by atoms with Crippen LogP contribution in [0.1, 0.15) is 91.3 Å². The summed E-state index contributed by atoms with van der Waals surface area (Å²) < 4.78 is 20.3. The number of aromatic nitrogens is 5. The van der Waals surface area contributed by atoms with Crippen LogP contribution in [0.2, 0.25) is 0 Å². The summed E-state index contributed by atoms with van der Waals surface area (Å²) >= 11 is 0. The molecule has 59 heavy (non-hydrogen) atoms. The Balaban J connectivity index is 0.870. The predicted molar refractivity (Wildman–Crippen MR) is 222 cm³/mol. The van der Waals surface area contributed by atoms with Gasteiger partial charge in [0.25, 0.3) is 11.7 Å². The van der Waals surface area contributed by atoms with E-state index in [1.54, 1.807) is 6.07 Å². The second-order valence-electron chi connectivity index (χ2n) is 16.6. The summed E-state index contributed by atoms with van der Waals surface area (Å²) in [6.45, 7) is 14.2. The summed E-state index contributed by atoms with van der Waals surface area (Å²) in [5.41, 5.74) is 8.49. The van der Waals surface area contributed by atoms with Crippen molar-refractivity contribution >= 4 is 34.4 Å². The van der Waals surface area contributed by atoms with E-state index < -0.39 is 17.7 Å². The number of carbonyl (C=O) groups is 3. The standard InChI is InChI=1S/C45H48FN9O4/c1-26-22-30(9-13-33(26)27(2)48-43(58)41-50-44(59-53-41)45(3,4)5)39-36-24-31(25-47-40(36)52-51-39)29-7-10-32(11-8-29)55-20-18-54(19-21-55)17-16-28-6-12-34(37(46)23-28)35-14-15-38(56)49-42(35)57/h6-13,22-25,27,35H,14-21H2,1-5H3,(H,48,58)(H,47,51,52)(H,49,56,57)/t27-,35?/m1/s1. The molecule has 0 saturated carbocycles. The molecule has 2 atom stereocenters. The van der Waals surface area contributed by atoms with Crippen LogP contribution in [-0.4, -0.2) is 80.7 Å². The van der Waals surface area contributed by atoms with Crippen LogP contribution in [0.3, 0.4) is 0 Å². The first-order valence-corrected chi connectivity index (χ1v) is 20.1. The van der Waals surface area contributed by atoms with Crippen molar-refractivity contribution in [2.75, 3.05) is 37.6 Å².